The zero-order valence-corrected chi connectivity index (χ0v) is 16.4. The summed E-state index contributed by atoms with van der Waals surface area (Å²) in [6, 6.07) is 5.26. The molecule has 1 heterocycles. The highest BCUT2D eigenvalue weighted by Crippen LogP contribution is 2.29. The molecule has 1 saturated carbocycles. The third-order valence-corrected chi connectivity index (χ3v) is 5.74. The third-order valence-electron chi connectivity index (χ3n) is 5.74. The topological polar surface area (TPSA) is 86.1 Å². The molecular formula is C20H28N4O3. The van der Waals surface area contributed by atoms with Crippen LogP contribution in [0.4, 0.5) is 0 Å². The van der Waals surface area contributed by atoms with E-state index in [9.17, 15) is 9.59 Å². The second kappa shape index (κ2) is 8.06. The summed E-state index contributed by atoms with van der Waals surface area (Å²) in [6.07, 6.45) is 2.44. The minimum Gasteiger partial charge on any atom is -0.449 e. The Kier molecular flexibility index (Phi) is 5.77. The maximum atomic E-state index is 12.5. The van der Waals surface area contributed by atoms with Gasteiger partial charge in [0.15, 0.2) is 6.10 Å². The van der Waals surface area contributed by atoms with Crippen molar-refractivity contribution >= 4 is 22.9 Å². The molecule has 1 N–H and O–H groups in total. The minimum absolute atomic E-state index is 0.142. The fourth-order valence-corrected chi connectivity index (χ4v) is 3.70. The van der Waals surface area contributed by atoms with E-state index in [-0.39, 0.29) is 11.9 Å². The number of esters is 1. The molecule has 27 heavy (non-hydrogen) atoms. The van der Waals surface area contributed by atoms with Gasteiger partial charge in [-0.25, -0.2) is 9.48 Å². The summed E-state index contributed by atoms with van der Waals surface area (Å²) >= 11 is 0. The molecule has 1 amide bonds. The summed E-state index contributed by atoms with van der Waals surface area (Å²) in [7, 11) is 0. The Morgan fingerprint density at radius 3 is 2.85 bits per heavy atom. The number of benzene rings is 1. The lowest BCUT2D eigenvalue weighted by molar-refractivity contribution is -0.130. The number of hydrogen-bond donors (Lipinski definition) is 1. The lowest BCUT2D eigenvalue weighted by Gasteiger charge is -2.35. The van der Waals surface area contributed by atoms with Gasteiger partial charge in [0.2, 0.25) is 0 Å². The SMILES string of the molecule is CCn1nnc2cc(C(=O)O[C@@H](C)C(=O)N[C@@H]3CCC[C@H](C)[C@@H]3C)ccc21. The summed E-state index contributed by atoms with van der Waals surface area (Å²) in [5, 5.41) is 11.2. The highest BCUT2D eigenvalue weighted by Gasteiger charge is 2.30. The van der Waals surface area contributed by atoms with E-state index in [1.807, 2.05) is 6.92 Å². The Morgan fingerprint density at radius 2 is 2.11 bits per heavy atom. The number of carbonyl (C=O) groups excluding carboxylic acids is 2. The fraction of sp³-hybridized carbons (Fsp3) is 0.600. The number of ether oxygens (including phenoxy) is 1. The van der Waals surface area contributed by atoms with Gasteiger partial charge in [0.05, 0.1) is 11.1 Å². The van der Waals surface area contributed by atoms with Crippen molar-refractivity contribution in [1.29, 1.82) is 0 Å². The second-order valence-electron chi connectivity index (χ2n) is 7.54. The Balaban J connectivity index is 1.62. The molecule has 0 unspecified atom stereocenters. The van der Waals surface area contributed by atoms with E-state index < -0.39 is 12.1 Å². The van der Waals surface area contributed by atoms with Crippen molar-refractivity contribution in [3.63, 3.8) is 0 Å². The lowest BCUT2D eigenvalue weighted by atomic mass is 9.78. The molecule has 146 valence electrons. The highest BCUT2D eigenvalue weighted by atomic mass is 16.5. The van der Waals surface area contributed by atoms with Crippen molar-refractivity contribution in [1.82, 2.24) is 20.3 Å². The van der Waals surface area contributed by atoms with Crippen LogP contribution in [0.5, 0.6) is 0 Å². The summed E-state index contributed by atoms with van der Waals surface area (Å²) < 4.78 is 7.13. The average Bonchev–Trinajstić information content (AvgIpc) is 3.07. The molecule has 0 bridgehead atoms. The molecule has 1 fully saturated rings. The number of hydrogen-bond acceptors (Lipinski definition) is 5. The van der Waals surface area contributed by atoms with Gasteiger partial charge in [-0.15, -0.1) is 5.10 Å². The predicted molar refractivity (Wildman–Crippen MR) is 102 cm³/mol. The molecule has 0 radical (unpaired) electrons. The maximum Gasteiger partial charge on any atom is 0.338 e. The van der Waals surface area contributed by atoms with E-state index in [0.29, 0.717) is 29.5 Å². The molecule has 7 nitrogen and oxygen atoms in total. The van der Waals surface area contributed by atoms with Crippen LogP contribution in [-0.4, -0.2) is 39.0 Å². The number of carbonyl (C=O) groups is 2. The molecule has 2 aromatic rings. The first kappa shape index (κ1) is 19.3. The molecule has 1 aromatic carbocycles. The van der Waals surface area contributed by atoms with Gasteiger partial charge in [0, 0.05) is 12.6 Å². The predicted octanol–water partition coefficient (Wildman–Crippen LogP) is 2.94. The monoisotopic (exact) mass is 372 g/mol. The van der Waals surface area contributed by atoms with Crippen LogP contribution in [-0.2, 0) is 16.1 Å². The van der Waals surface area contributed by atoms with Crippen molar-refractivity contribution in [2.24, 2.45) is 11.8 Å². The molecule has 4 atom stereocenters. The van der Waals surface area contributed by atoms with Gasteiger partial charge in [-0.1, -0.05) is 31.9 Å². The van der Waals surface area contributed by atoms with Gasteiger partial charge < -0.3 is 10.1 Å². The van der Waals surface area contributed by atoms with E-state index >= 15 is 0 Å². The van der Waals surface area contributed by atoms with Gasteiger partial charge in [0.25, 0.3) is 5.91 Å². The molecule has 1 aliphatic rings. The Labute approximate surface area is 159 Å². The van der Waals surface area contributed by atoms with Crippen molar-refractivity contribution in [2.75, 3.05) is 0 Å². The van der Waals surface area contributed by atoms with Crippen molar-refractivity contribution in [2.45, 2.75) is 65.6 Å². The normalized spacial score (nSPS) is 23.8. The fourth-order valence-electron chi connectivity index (χ4n) is 3.70. The number of fused-ring (bicyclic) bond motifs is 1. The molecule has 0 aliphatic heterocycles. The third kappa shape index (κ3) is 4.12. The quantitative estimate of drug-likeness (QED) is 0.816. The van der Waals surface area contributed by atoms with Crippen LogP contribution in [0.25, 0.3) is 11.0 Å². The van der Waals surface area contributed by atoms with Gasteiger partial charge in [-0.2, -0.15) is 0 Å². The second-order valence-corrected chi connectivity index (χ2v) is 7.54. The first-order valence-electron chi connectivity index (χ1n) is 9.75. The van der Waals surface area contributed by atoms with E-state index in [0.717, 1.165) is 18.4 Å². The van der Waals surface area contributed by atoms with E-state index in [2.05, 4.69) is 29.5 Å². The number of amides is 1. The van der Waals surface area contributed by atoms with Crippen LogP contribution in [0.3, 0.4) is 0 Å². The molecule has 7 heteroatoms. The zero-order valence-electron chi connectivity index (χ0n) is 16.4. The van der Waals surface area contributed by atoms with Gasteiger partial charge >= 0.3 is 5.97 Å². The molecular weight excluding hydrogens is 344 g/mol. The molecule has 1 aromatic heterocycles. The molecule has 0 saturated heterocycles. The molecule has 1 aliphatic carbocycles. The van der Waals surface area contributed by atoms with Crippen LogP contribution >= 0.6 is 0 Å². The number of nitrogens with zero attached hydrogens (tertiary/aromatic N) is 3. The number of aryl methyl sites for hydroxylation is 1. The summed E-state index contributed by atoms with van der Waals surface area (Å²) in [5.41, 5.74) is 1.86. The van der Waals surface area contributed by atoms with Crippen LogP contribution in [0, 0.1) is 11.8 Å². The zero-order chi connectivity index (χ0) is 19.6. The van der Waals surface area contributed by atoms with Gasteiger partial charge in [0.1, 0.15) is 5.52 Å². The Bertz CT molecular complexity index is 832. The number of aromatic nitrogens is 3. The Hall–Kier alpha value is -2.44. The number of rotatable bonds is 5. The minimum atomic E-state index is -0.844. The highest BCUT2D eigenvalue weighted by molar-refractivity contribution is 5.95. The standard InChI is InChI=1S/C20H28N4O3/c1-5-24-18-10-9-15(11-17(18)22-23-24)20(26)27-14(4)19(25)21-16-8-6-7-12(2)13(16)3/h9-14,16H,5-8H2,1-4H3,(H,21,25)/t12-,13-,14-,16+/m0/s1. The largest absolute Gasteiger partial charge is 0.449 e. The van der Waals surface area contributed by atoms with Crippen LogP contribution < -0.4 is 5.32 Å². The molecule has 0 spiro atoms. The molecule has 3 rings (SSSR count). The van der Waals surface area contributed by atoms with Crippen LogP contribution in [0.2, 0.25) is 0 Å². The average molecular weight is 372 g/mol. The summed E-state index contributed by atoms with van der Waals surface area (Å²) in [4.78, 5) is 24.9. The number of nitrogens with one attached hydrogen (secondary N) is 1. The first-order chi connectivity index (χ1) is 12.9. The summed E-state index contributed by atoms with van der Waals surface area (Å²) in [6.45, 7) is 8.68. The van der Waals surface area contributed by atoms with E-state index in [1.165, 1.54) is 6.42 Å². The smallest absolute Gasteiger partial charge is 0.338 e. The van der Waals surface area contributed by atoms with E-state index in [4.69, 9.17) is 4.74 Å². The van der Waals surface area contributed by atoms with Crippen molar-refractivity contribution in [3.8, 4) is 0 Å². The Morgan fingerprint density at radius 1 is 1.33 bits per heavy atom. The van der Waals surface area contributed by atoms with E-state index in [1.54, 1.807) is 29.8 Å². The maximum absolute atomic E-state index is 12.5. The lowest BCUT2D eigenvalue weighted by Crippen LogP contribution is -2.47. The van der Waals surface area contributed by atoms with Gasteiger partial charge in [-0.05, 0) is 50.3 Å². The summed E-state index contributed by atoms with van der Waals surface area (Å²) in [5.74, 6) is 0.238. The van der Waals surface area contributed by atoms with Crippen LogP contribution in [0.15, 0.2) is 18.2 Å². The van der Waals surface area contributed by atoms with Crippen LogP contribution in [0.1, 0.15) is 57.3 Å². The first-order valence-corrected chi connectivity index (χ1v) is 9.75. The van der Waals surface area contributed by atoms with Gasteiger partial charge in [-0.3, -0.25) is 4.79 Å². The van der Waals surface area contributed by atoms with Crippen molar-refractivity contribution < 1.29 is 14.3 Å². The van der Waals surface area contributed by atoms with Crippen molar-refractivity contribution in [3.05, 3.63) is 23.8 Å².